The molecule has 0 amide bonds. The lowest BCUT2D eigenvalue weighted by molar-refractivity contribution is 0.169. The summed E-state index contributed by atoms with van der Waals surface area (Å²) in [6.45, 7) is 5.78. The third-order valence-electron chi connectivity index (χ3n) is 3.70. The molecule has 0 radical (unpaired) electrons. The number of rotatable bonds is 6. The number of nitrogens with one attached hydrogen (secondary N) is 2. The van der Waals surface area contributed by atoms with Crippen molar-refractivity contribution in [3.8, 4) is 0 Å². The standard InChI is InChI=1S/C13H23N3/c1-10(2)11-8-12(9-11)14-5-3-4-13-15-6-7-16-13/h6-7,10-12,14H,3-5,8-9H2,1-2H3,(H,15,16). The van der Waals surface area contributed by atoms with E-state index in [-0.39, 0.29) is 0 Å². The van der Waals surface area contributed by atoms with Crippen LogP contribution in [0.4, 0.5) is 0 Å². The SMILES string of the molecule is CC(C)C1CC(NCCCc2ncc[nH]2)C1. The van der Waals surface area contributed by atoms with Gasteiger partial charge in [-0.15, -0.1) is 0 Å². The molecule has 0 unspecified atom stereocenters. The smallest absolute Gasteiger partial charge is 0.106 e. The summed E-state index contributed by atoms with van der Waals surface area (Å²) in [6.07, 6.45) is 8.69. The molecule has 1 aromatic heterocycles. The van der Waals surface area contributed by atoms with E-state index in [1.54, 1.807) is 0 Å². The first-order chi connectivity index (χ1) is 7.75. The Balaban J connectivity index is 1.50. The van der Waals surface area contributed by atoms with Gasteiger partial charge >= 0.3 is 0 Å². The van der Waals surface area contributed by atoms with E-state index in [9.17, 15) is 0 Å². The lowest BCUT2D eigenvalue weighted by Gasteiger charge is -2.38. The Hall–Kier alpha value is -0.830. The monoisotopic (exact) mass is 221 g/mol. The van der Waals surface area contributed by atoms with Crippen LogP contribution in [0.15, 0.2) is 12.4 Å². The van der Waals surface area contributed by atoms with E-state index in [2.05, 4.69) is 29.1 Å². The fraction of sp³-hybridized carbons (Fsp3) is 0.769. The number of hydrogen-bond donors (Lipinski definition) is 2. The van der Waals surface area contributed by atoms with E-state index < -0.39 is 0 Å². The Morgan fingerprint density at radius 2 is 2.31 bits per heavy atom. The van der Waals surface area contributed by atoms with Crippen LogP contribution in [0.25, 0.3) is 0 Å². The van der Waals surface area contributed by atoms with Crippen LogP contribution in [-0.2, 0) is 6.42 Å². The average molecular weight is 221 g/mol. The van der Waals surface area contributed by atoms with Crippen molar-refractivity contribution < 1.29 is 0 Å². The van der Waals surface area contributed by atoms with Crippen LogP contribution in [0.5, 0.6) is 0 Å². The highest BCUT2D eigenvalue weighted by Gasteiger charge is 2.30. The molecular weight excluding hydrogens is 198 g/mol. The van der Waals surface area contributed by atoms with E-state index in [0.29, 0.717) is 0 Å². The molecular formula is C13H23N3. The van der Waals surface area contributed by atoms with Crippen molar-refractivity contribution in [2.45, 2.75) is 45.6 Å². The van der Waals surface area contributed by atoms with E-state index in [0.717, 1.165) is 36.7 Å². The topological polar surface area (TPSA) is 40.7 Å². The largest absolute Gasteiger partial charge is 0.349 e. The van der Waals surface area contributed by atoms with E-state index in [1.165, 1.54) is 19.3 Å². The first-order valence-corrected chi connectivity index (χ1v) is 6.47. The molecule has 1 heterocycles. The fourth-order valence-electron chi connectivity index (χ4n) is 2.37. The molecule has 90 valence electrons. The molecule has 0 aromatic carbocycles. The van der Waals surface area contributed by atoms with Crippen molar-refractivity contribution >= 4 is 0 Å². The third kappa shape index (κ3) is 3.08. The second kappa shape index (κ2) is 5.48. The van der Waals surface area contributed by atoms with E-state index >= 15 is 0 Å². The summed E-state index contributed by atoms with van der Waals surface area (Å²) < 4.78 is 0. The Morgan fingerprint density at radius 1 is 1.50 bits per heavy atom. The molecule has 1 aromatic rings. The van der Waals surface area contributed by atoms with E-state index in [1.807, 2.05) is 12.4 Å². The predicted molar refractivity (Wildman–Crippen MR) is 66.3 cm³/mol. The molecule has 2 N–H and O–H groups in total. The average Bonchev–Trinajstić information content (AvgIpc) is 2.66. The molecule has 0 aliphatic heterocycles. The summed E-state index contributed by atoms with van der Waals surface area (Å²) >= 11 is 0. The molecule has 1 saturated carbocycles. The number of H-pyrrole nitrogens is 1. The lowest BCUT2D eigenvalue weighted by atomic mass is 9.74. The summed E-state index contributed by atoms with van der Waals surface area (Å²) in [4.78, 5) is 7.36. The van der Waals surface area contributed by atoms with Gasteiger partial charge in [0.05, 0.1) is 0 Å². The van der Waals surface area contributed by atoms with E-state index in [4.69, 9.17) is 0 Å². The van der Waals surface area contributed by atoms with Crippen LogP contribution in [0, 0.1) is 11.8 Å². The number of aromatic nitrogens is 2. The molecule has 1 fully saturated rings. The van der Waals surface area contributed by atoms with Crippen LogP contribution in [0.1, 0.15) is 38.9 Å². The van der Waals surface area contributed by atoms with Crippen molar-refractivity contribution in [1.82, 2.24) is 15.3 Å². The Kier molecular flexibility index (Phi) is 3.99. The number of nitrogens with zero attached hydrogens (tertiary/aromatic N) is 1. The molecule has 3 heteroatoms. The second-order valence-corrected chi connectivity index (χ2v) is 5.27. The van der Waals surface area contributed by atoms with Crippen molar-refractivity contribution in [3.05, 3.63) is 18.2 Å². The zero-order chi connectivity index (χ0) is 11.4. The number of imidazole rings is 1. The molecule has 1 aliphatic rings. The minimum Gasteiger partial charge on any atom is -0.349 e. The van der Waals surface area contributed by atoms with Crippen LogP contribution < -0.4 is 5.32 Å². The number of hydrogen-bond acceptors (Lipinski definition) is 2. The summed E-state index contributed by atoms with van der Waals surface area (Å²) in [6, 6.07) is 0.781. The quantitative estimate of drug-likeness (QED) is 0.724. The van der Waals surface area contributed by atoms with Gasteiger partial charge in [-0.05, 0) is 37.6 Å². The molecule has 0 atom stereocenters. The highest BCUT2D eigenvalue weighted by atomic mass is 14.9. The van der Waals surface area contributed by atoms with Gasteiger partial charge in [0, 0.05) is 24.9 Å². The van der Waals surface area contributed by atoms with Crippen LogP contribution in [0.2, 0.25) is 0 Å². The molecule has 2 rings (SSSR count). The molecule has 0 bridgehead atoms. The third-order valence-corrected chi connectivity index (χ3v) is 3.70. The molecule has 1 aliphatic carbocycles. The fourth-order valence-corrected chi connectivity index (χ4v) is 2.37. The Morgan fingerprint density at radius 3 is 2.94 bits per heavy atom. The van der Waals surface area contributed by atoms with Gasteiger partial charge in [0.2, 0.25) is 0 Å². The maximum Gasteiger partial charge on any atom is 0.106 e. The van der Waals surface area contributed by atoms with Crippen molar-refractivity contribution in [2.75, 3.05) is 6.54 Å². The molecule has 3 nitrogen and oxygen atoms in total. The first-order valence-electron chi connectivity index (χ1n) is 6.47. The van der Waals surface area contributed by atoms with Gasteiger partial charge in [-0.1, -0.05) is 13.8 Å². The summed E-state index contributed by atoms with van der Waals surface area (Å²) in [7, 11) is 0. The van der Waals surface area contributed by atoms with Crippen molar-refractivity contribution in [2.24, 2.45) is 11.8 Å². The first kappa shape index (κ1) is 11.6. The Bertz CT molecular complexity index is 286. The maximum absolute atomic E-state index is 4.22. The zero-order valence-electron chi connectivity index (χ0n) is 10.4. The molecule has 16 heavy (non-hydrogen) atoms. The Labute approximate surface area is 98.1 Å². The van der Waals surface area contributed by atoms with Gasteiger partial charge in [-0.2, -0.15) is 0 Å². The summed E-state index contributed by atoms with van der Waals surface area (Å²) in [5.74, 6) is 2.93. The van der Waals surface area contributed by atoms with Gasteiger partial charge in [0.25, 0.3) is 0 Å². The minimum absolute atomic E-state index is 0.781. The summed E-state index contributed by atoms with van der Waals surface area (Å²) in [5.41, 5.74) is 0. The summed E-state index contributed by atoms with van der Waals surface area (Å²) in [5, 5.41) is 3.62. The highest BCUT2D eigenvalue weighted by Crippen LogP contribution is 2.33. The normalized spacial score (nSPS) is 24.7. The molecule has 0 saturated heterocycles. The van der Waals surface area contributed by atoms with Crippen LogP contribution >= 0.6 is 0 Å². The minimum atomic E-state index is 0.781. The second-order valence-electron chi connectivity index (χ2n) is 5.27. The van der Waals surface area contributed by atoms with Crippen molar-refractivity contribution in [1.29, 1.82) is 0 Å². The number of aromatic amines is 1. The highest BCUT2D eigenvalue weighted by molar-refractivity contribution is 4.88. The van der Waals surface area contributed by atoms with Crippen molar-refractivity contribution in [3.63, 3.8) is 0 Å². The zero-order valence-corrected chi connectivity index (χ0v) is 10.4. The van der Waals surface area contributed by atoms with Gasteiger partial charge < -0.3 is 10.3 Å². The van der Waals surface area contributed by atoms with Gasteiger partial charge in [0.1, 0.15) is 5.82 Å². The van der Waals surface area contributed by atoms with Gasteiger partial charge in [-0.3, -0.25) is 0 Å². The van der Waals surface area contributed by atoms with Crippen LogP contribution in [0.3, 0.4) is 0 Å². The van der Waals surface area contributed by atoms with Crippen LogP contribution in [-0.4, -0.2) is 22.6 Å². The lowest BCUT2D eigenvalue weighted by Crippen LogP contribution is -2.43. The predicted octanol–water partition coefficient (Wildman–Crippen LogP) is 2.37. The molecule has 0 spiro atoms. The maximum atomic E-state index is 4.22. The van der Waals surface area contributed by atoms with Gasteiger partial charge in [-0.25, -0.2) is 4.98 Å². The van der Waals surface area contributed by atoms with Gasteiger partial charge in [0.15, 0.2) is 0 Å². The number of aryl methyl sites for hydroxylation is 1.